The Hall–Kier alpha value is -2.90. The van der Waals surface area contributed by atoms with Crippen LogP contribution in [-0.4, -0.2) is 99.6 Å². The number of esters is 1. The van der Waals surface area contributed by atoms with Crippen molar-refractivity contribution in [3.8, 4) is 0 Å². The lowest BCUT2D eigenvalue weighted by atomic mass is 9.99. The standard InChI is InChI=1S/C59H103NO10/c1-4-7-10-13-16-19-22-24-26-27-28-31-34-37-40-43-46-52(63)58(67)60-50(51(62)45-42-39-36-33-30-21-18-15-12-9-6-3)49-68-59-57(56(66)55(65)53(48-61)69-59)70-54(64)47-44-41-38-35-32-29-25-23-20-17-14-11-8-5-2/h7,10,16,19,24,26,28,31,37,40,42,45,50-53,55-57,59,61-63,65-66H,4-6,8-9,11-15,17-18,20-23,25,27,29-30,32-36,38-39,41,43-44,46-49H2,1-3H3,(H,60,67)/b10-7-,19-16-,26-24-,31-28-,40-37-,45-42+. The molecule has 0 spiro atoms. The Morgan fingerprint density at radius 2 is 1.03 bits per heavy atom. The molecule has 0 saturated carbocycles. The highest BCUT2D eigenvalue weighted by molar-refractivity contribution is 5.80. The molecule has 0 aromatic heterocycles. The molecule has 8 unspecified atom stereocenters. The summed E-state index contributed by atoms with van der Waals surface area (Å²) in [6.45, 7) is 5.61. The molecular weight excluding hydrogens is 883 g/mol. The van der Waals surface area contributed by atoms with Crippen LogP contribution in [0.2, 0.25) is 0 Å². The molecule has 0 radical (unpaired) electrons. The lowest BCUT2D eigenvalue weighted by Crippen LogP contribution is -2.61. The molecule has 11 nitrogen and oxygen atoms in total. The van der Waals surface area contributed by atoms with Crippen molar-refractivity contribution in [1.29, 1.82) is 0 Å². The molecule has 1 aliphatic heterocycles. The van der Waals surface area contributed by atoms with Crippen molar-refractivity contribution in [2.75, 3.05) is 13.2 Å². The maximum absolute atomic E-state index is 13.3. The van der Waals surface area contributed by atoms with Crippen LogP contribution in [-0.2, 0) is 23.8 Å². The third-order valence-electron chi connectivity index (χ3n) is 12.9. The number of aliphatic hydroxyl groups is 5. The van der Waals surface area contributed by atoms with Crippen molar-refractivity contribution in [1.82, 2.24) is 5.32 Å². The summed E-state index contributed by atoms with van der Waals surface area (Å²) in [5.74, 6) is -1.26. The summed E-state index contributed by atoms with van der Waals surface area (Å²) in [6.07, 6.45) is 48.1. The van der Waals surface area contributed by atoms with Crippen LogP contribution in [0.5, 0.6) is 0 Å². The average molecular weight is 986 g/mol. The van der Waals surface area contributed by atoms with Gasteiger partial charge in [0.15, 0.2) is 12.4 Å². The zero-order chi connectivity index (χ0) is 51.1. The first-order valence-electron chi connectivity index (χ1n) is 28.2. The van der Waals surface area contributed by atoms with Crippen molar-refractivity contribution in [3.63, 3.8) is 0 Å². The summed E-state index contributed by atoms with van der Waals surface area (Å²) >= 11 is 0. The maximum atomic E-state index is 13.3. The van der Waals surface area contributed by atoms with Crippen molar-refractivity contribution in [2.45, 2.75) is 275 Å². The molecule has 70 heavy (non-hydrogen) atoms. The predicted octanol–water partition coefficient (Wildman–Crippen LogP) is 12.4. The van der Waals surface area contributed by atoms with E-state index >= 15 is 0 Å². The van der Waals surface area contributed by atoms with Gasteiger partial charge < -0.3 is 45.1 Å². The number of hydrogen-bond acceptors (Lipinski definition) is 10. The molecule has 6 N–H and O–H groups in total. The Bertz CT molecular complexity index is 1410. The number of unbranched alkanes of at least 4 members (excludes halogenated alkanes) is 22. The molecule has 0 bridgehead atoms. The van der Waals surface area contributed by atoms with Gasteiger partial charge in [-0.25, -0.2) is 0 Å². The quantitative estimate of drug-likeness (QED) is 0.0196. The van der Waals surface area contributed by atoms with Gasteiger partial charge in [-0.1, -0.05) is 229 Å². The van der Waals surface area contributed by atoms with E-state index in [2.05, 4.69) is 74.7 Å². The summed E-state index contributed by atoms with van der Waals surface area (Å²) in [7, 11) is 0. The summed E-state index contributed by atoms with van der Waals surface area (Å²) in [5, 5.41) is 56.6. The first kappa shape index (κ1) is 65.1. The Kier molecular flexibility index (Phi) is 43.8. The summed E-state index contributed by atoms with van der Waals surface area (Å²) in [4.78, 5) is 26.4. The van der Waals surface area contributed by atoms with Crippen LogP contribution in [0, 0.1) is 0 Å². The van der Waals surface area contributed by atoms with Gasteiger partial charge in [-0.05, 0) is 64.2 Å². The van der Waals surface area contributed by atoms with Crippen LogP contribution < -0.4 is 5.32 Å². The lowest BCUT2D eigenvalue weighted by molar-refractivity contribution is -0.305. The Balaban J connectivity index is 2.78. The second-order valence-corrected chi connectivity index (χ2v) is 19.3. The minimum absolute atomic E-state index is 0.117. The van der Waals surface area contributed by atoms with Crippen LogP contribution in [0.4, 0.5) is 0 Å². The number of carbonyl (C=O) groups excluding carboxylic acids is 2. The Morgan fingerprint density at radius 1 is 0.571 bits per heavy atom. The van der Waals surface area contributed by atoms with Gasteiger partial charge in [0.05, 0.1) is 25.4 Å². The Labute approximate surface area is 426 Å². The second-order valence-electron chi connectivity index (χ2n) is 19.3. The monoisotopic (exact) mass is 986 g/mol. The lowest BCUT2D eigenvalue weighted by Gasteiger charge is -2.41. The van der Waals surface area contributed by atoms with Crippen LogP contribution in [0.3, 0.4) is 0 Å². The minimum atomic E-state index is -1.62. The molecular formula is C59H103NO10. The fourth-order valence-electron chi connectivity index (χ4n) is 8.39. The molecule has 8 atom stereocenters. The number of aliphatic hydroxyl groups excluding tert-OH is 5. The van der Waals surface area contributed by atoms with Gasteiger partial charge in [-0.3, -0.25) is 9.59 Å². The molecule has 1 heterocycles. The highest BCUT2D eigenvalue weighted by Crippen LogP contribution is 2.26. The van der Waals surface area contributed by atoms with E-state index in [-0.39, 0.29) is 19.4 Å². The number of hydrogen-bond donors (Lipinski definition) is 6. The van der Waals surface area contributed by atoms with E-state index in [1.165, 1.54) is 103 Å². The number of carbonyl (C=O) groups is 2. The number of amides is 1. The molecule has 1 rings (SSSR count). The van der Waals surface area contributed by atoms with E-state index in [0.717, 1.165) is 77.0 Å². The molecule has 1 aliphatic rings. The van der Waals surface area contributed by atoms with E-state index in [4.69, 9.17) is 14.2 Å². The van der Waals surface area contributed by atoms with Crippen molar-refractivity contribution >= 4 is 11.9 Å². The Morgan fingerprint density at radius 3 is 1.51 bits per heavy atom. The summed E-state index contributed by atoms with van der Waals surface area (Å²) in [6, 6.07) is -1.05. The van der Waals surface area contributed by atoms with Gasteiger partial charge in [-0.15, -0.1) is 0 Å². The normalized spacial score (nSPS) is 20.3. The van der Waals surface area contributed by atoms with E-state index in [1.807, 2.05) is 18.2 Å². The summed E-state index contributed by atoms with van der Waals surface area (Å²) < 4.78 is 17.5. The van der Waals surface area contributed by atoms with Crippen LogP contribution >= 0.6 is 0 Å². The molecule has 404 valence electrons. The van der Waals surface area contributed by atoms with Crippen molar-refractivity contribution < 1.29 is 49.3 Å². The number of nitrogens with one attached hydrogen (secondary N) is 1. The van der Waals surface area contributed by atoms with Crippen LogP contribution in [0.1, 0.15) is 226 Å². The minimum Gasteiger partial charge on any atom is -0.454 e. The fraction of sp³-hybridized carbons (Fsp3) is 0.763. The summed E-state index contributed by atoms with van der Waals surface area (Å²) in [5.41, 5.74) is 0. The molecule has 0 aliphatic carbocycles. The highest BCUT2D eigenvalue weighted by Gasteiger charge is 2.47. The van der Waals surface area contributed by atoms with Gasteiger partial charge in [0.2, 0.25) is 5.91 Å². The predicted molar refractivity (Wildman–Crippen MR) is 287 cm³/mol. The van der Waals surface area contributed by atoms with E-state index in [0.29, 0.717) is 12.8 Å². The van der Waals surface area contributed by atoms with Crippen LogP contribution in [0.25, 0.3) is 0 Å². The maximum Gasteiger partial charge on any atom is 0.306 e. The van der Waals surface area contributed by atoms with Crippen LogP contribution in [0.15, 0.2) is 72.9 Å². The van der Waals surface area contributed by atoms with Crippen molar-refractivity contribution in [3.05, 3.63) is 72.9 Å². The number of rotatable bonds is 46. The third kappa shape index (κ3) is 35.3. The molecule has 1 saturated heterocycles. The van der Waals surface area contributed by atoms with E-state index < -0.39 is 67.4 Å². The third-order valence-corrected chi connectivity index (χ3v) is 12.9. The largest absolute Gasteiger partial charge is 0.454 e. The van der Waals surface area contributed by atoms with Gasteiger partial charge in [0.25, 0.3) is 0 Å². The molecule has 1 fully saturated rings. The van der Waals surface area contributed by atoms with E-state index in [1.54, 1.807) is 6.08 Å². The zero-order valence-electron chi connectivity index (χ0n) is 44.4. The average Bonchev–Trinajstić information content (AvgIpc) is 3.36. The van der Waals surface area contributed by atoms with Gasteiger partial charge in [-0.2, -0.15) is 0 Å². The van der Waals surface area contributed by atoms with Gasteiger partial charge in [0, 0.05) is 6.42 Å². The van der Waals surface area contributed by atoms with E-state index in [9.17, 15) is 35.1 Å². The smallest absolute Gasteiger partial charge is 0.306 e. The van der Waals surface area contributed by atoms with Crippen molar-refractivity contribution in [2.24, 2.45) is 0 Å². The second kappa shape index (κ2) is 47.1. The molecule has 0 aromatic rings. The molecule has 1 amide bonds. The van der Waals surface area contributed by atoms with Gasteiger partial charge in [0.1, 0.15) is 24.4 Å². The van der Waals surface area contributed by atoms with Gasteiger partial charge >= 0.3 is 5.97 Å². The molecule has 0 aromatic carbocycles. The SMILES string of the molecule is CC/C=C\C/C=C\C/C=C\C/C=C\C/C=C\CCC(O)C(=O)NC(COC1OC(CO)C(O)C(O)C1OC(=O)CCCCCCCCCCCCCCCC)C(O)/C=C/CCCCCCCCCCC. The number of allylic oxidation sites excluding steroid dienone is 11. The zero-order valence-corrected chi connectivity index (χ0v) is 44.4. The molecule has 11 heteroatoms. The number of ether oxygens (including phenoxy) is 3. The first-order valence-corrected chi connectivity index (χ1v) is 28.2. The topological polar surface area (TPSA) is 175 Å². The first-order chi connectivity index (χ1) is 34.2. The fourth-order valence-corrected chi connectivity index (χ4v) is 8.39. The highest BCUT2D eigenvalue weighted by atomic mass is 16.7.